The Balaban J connectivity index is 1.69. The molecule has 4 rings (SSSR count). The number of hydrogen-bond donors (Lipinski definition) is 1. The molecule has 1 aliphatic rings. The van der Waals surface area contributed by atoms with Gasteiger partial charge in [-0.15, -0.1) is 0 Å². The van der Waals surface area contributed by atoms with Crippen molar-refractivity contribution in [3.8, 4) is 0 Å². The van der Waals surface area contributed by atoms with E-state index in [2.05, 4.69) is 17.4 Å². The summed E-state index contributed by atoms with van der Waals surface area (Å²) < 4.78 is 0. The van der Waals surface area contributed by atoms with E-state index in [1.807, 2.05) is 72.5 Å². The highest BCUT2D eigenvalue weighted by Crippen LogP contribution is 2.30. The normalized spacial score (nSPS) is 15.4. The van der Waals surface area contributed by atoms with Gasteiger partial charge in [-0.2, -0.15) is 0 Å². The van der Waals surface area contributed by atoms with Crippen molar-refractivity contribution in [3.05, 3.63) is 101 Å². The minimum Gasteiger partial charge on any atom is -0.345 e. The molecule has 0 saturated heterocycles. The summed E-state index contributed by atoms with van der Waals surface area (Å²) in [5.41, 5.74) is 4.29. The van der Waals surface area contributed by atoms with Gasteiger partial charge >= 0.3 is 0 Å². The lowest BCUT2D eigenvalue weighted by atomic mass is 10.0. The Labute approximate surface area is 204 Å². The lowest BCUT2D eigenvalue weighted by Crippen LogP contribution is -2.50. The van der Waals surface area contributed by atoms with E-state index < -0.39 is 6.17 Å². The SMILES string of the molecule is CCN(Cc1ccccc1)C(=S)NC1N=C(c2ccccc2)c2cc(Cl)ccc2N(C)C1=O. The molecule has 0 bridgehead atoms. The van der Waals surface area contributed by atoms with Gasteiger partial charge in [-0.3, -0.25) is 4.79 Å². The predicted octanol–water partition coefficient (Wildman–Crippen LogP) is 4.88. The van der Waals surface area contributed by atoms with Crippen molar-refractivity contribution in [2.75, 3.05) is 18.5 Å². The second-order valence-electron chi connectivity index (χ2n) is 7.75. The van der Waals surface area contributed by atoms with E-state index in [0.29, 0.717) is 28.9 Å². The van der Waals surface area contributed by atoms with Crippen LogP contribution in [0.15, 0.2) is 83.9 Å². The number of aliphatic imine (C=N–C) groups is 1. The highest BCUT2D eigenvalue weighted by molar-refractivity contribution is 7.80. The van der Waals surface area contributed by atoms with Crippen molar-refractivity contribution in [1.82, 2.24) is 10.2 Å². The number of halogens is 1. The summed E-state index contributed by atoms with van der Waals surface area (Å²) in [5.74, 6) is -0.192. The van der Waals surface area contributed by atoms with Crippen molar-refractivity contribution in [3.63, 3.8) is 0 Å². The molecule has 1 heterocycles. The Hall–Kier alpha value is -3.22. The van der Waals surface area contributed by atoms with Crippen LogP contribution in [0.5, 0.6) is 0 Å². The van der Waals surface area contributed by atoms with Crippen LogP contribution in [0.3, 0.4) is 0 Å². The fourth-order valence-electron chi connectivity index (χ4n) is 3.81. The number of likely N-dealkylation sites (N-methyl/N-ethyl adjacent to an activating group) is 1. The van der Waals surface area contributed by atoms with Crippen molar-refractivity contribution >= 4 is 46.2 Å². The number of nitrogens with zero attached hydrogens (tertiary/aromatic N) is 3. The average molecular weight is 477 g/mol. The molecular weight excluding hydrogens is 452 g/mol. The van der Waals surface area contributed by atoms with Gasteiger partial charge in [-0.05, 0) is 42.9 Å². The van der Waals surface area contributed by atoms with Crippen LogP contribution in [-0.2, 0) is 11.3 Å². The number of anilines is 1. The van der Waals surface area contributed by atoms with E-state index in [-0.39, 0.29) is 5.91 Å². The molecule has 168 valence electrons. The van der Waals surface area contributed by atoms with E-state index in [1.165, 1.54) is 0 Å². The molecule has 0 spiro atoms. The maximum Gasteiger partial charge on any atom is 0.272 e. The Morgan fingerprint density at radius 1 is 1.09 bits per heavy atom. The Morgan fingerprint density at radius 2 is 1.76 bits per heavy atom. The molecule has 7 heteroatoms. The predicted molar refractivity (Wildman–Crippen MR) is 139 cm³/mol. The van der Waals surface area contributed by atoms with E-state index in [9.17, 15) is 4.79 Å². The van der Waals surface area contributed by atoms with Crippen LogP contribution in [0.4, 0.5) is 5.69 Å². The zero-order valence-corrected chi connectivity index (χ0v) is 20.1. The lowest BCUT2D eigenvalue weighted by molar-refractivity contribution is -0.119. The van der Waals surface area contributed by atoms with Crippen LogP contribution in [0.1, 0.15) is 23.6 Å². The van der Waals surface area contributed by atoms with E-state index in [1.54, 1.807) is 18.0 Å². The summed E-state index contributed by atoms with van der Waals surface area (Å²) in [6, 6.07) is 25.4. The minimum atomic E-state index is -0.867. The van der Waals surface area contributed by atoms with Gasteiger partial charge in [-0.1, -0.05) is 72.3 Å². The zero-order valence-electron chi connectivity index (χ0n) is 18.5. The molecule has 1 amide bonds. The number of benzodiazepines with no additional fused rings is 1. The number of fused-ring (bicyclic) bond motifs is 1. The van der Waals surface area contributed by atoms with Gasteiger partial charge in [0.15, 0.2) is 5.11 Å². The Morgan fingerprint density at radius 3 is 2.42 bits per heavy atom. The minimum absolute atomic E-state index is 0.192. The summed E-state index contributed by atoms with van der Waals surface area (Å²) in [6.45, 7) is 3.38. The first-order valence-electron chi connectivity index (χ1n) is 10.8. The maximum absolute atomic E-state index is 13.4. The highest BCUT2D eigenvalue weighted by atomic mass is 35.5. The highest BCUT2D eigenvalue weighted by Gasteiger charge is 2.31. The number of nitrogens with one attached hydrogen (secondary N) is 1. The van der Waals surface area contributed by atoms with E-state index in [0.717, 1.165) is 22.4 Å². The summed E-state index contributed by atoms with van der Waals surface area (Å²) in [5, 5.41) is 4.27. The fraction of sp³-hybridized carbons (Fsp3) is 0.192. The molecule has 1 N–H and O–H groups in total. The lowest BCUT2D eigenvalue weighted by Gasteiger charge is -2.27. The zero-order chi connectivity index (χ0) is 23.4. The maximum atomic E-state index is 13.4. The van der Waals surface area contributed by atoms with Crippen LogP contribution >= 0.6 is 23.8 Å². The smallest absolute Gasteiger partial charge is 0.272 e. The van der Waals surface area contributed by atoms with E-state index >= 15 is 0 Å². The molecule has 1 atom stereocenters. The van der Waals surface area contributed by atoms with Gasteiger partial charge in [0.25, 0.3) is 5.91 Å². The first-order valence-corrected chi connectivity index (χ1v) is 11.6. The summed E-state index contributed by atoms with van der Waals surface area (Å²) in [4.78, 5) is 21.9. The molecule has 3 aromatic carbocycles. The summed E-state index contributed by atoms with van der Waals surface area (Å²) >= 11 is 12.0. The van der Waals surface area contributed by atoms with Crippen LogP contribution in [0, 0.1) is 0 Å². The molecule has 0 saturated carbocycles. The number of benzene rings is 3. The molecule has 5 nitrogen and oxygen atoms in total. The third kappa shape index (κ3) is 5.07. The second kappa shape index (κ2) is 10.1. The molecular formula is C26H25ClN4OS. The van der Waals surface area contributed by atoms with Crippen LogP contribution in [0.25, 0.3) is 0 Å². The van der Waals surface area contributed by atoms with Crippen molar-refractivity contribution < 1.29 is 4.79 Å². The molecule has 33 heavy (non-hydrogen) atoms. The number of amides is 1. The van der Waals surface area contributed by atoms with Crippen molar-refractivity contribution in [2.45, 2.75) is 19.6 Å². The molecule has 0 aromatic heterocycles. The fourth-order valence-corrected chi connectivity index (χ4v) is 4.28. The van der Waals surface area contributed by atoms with Crippen molar-refractivity contribution in [2.24, 2.45) is 4.99 Å². The third-order valence-corrected chi connectivity index (χ3v) is 6.20. The Bertz CT molecular complexity index is 1180. The number of carbonyl (C=O) groups is 1. The first kappa shape index (κ1) is 23.0. The largest absolute Gasteiger partial charge is 0.345 e. The van der Waals surface area contributed by atoms with Gasteiger partial charge in [0.1, 0.15) is 0 Å². The summed E-state index contributed by atoms with van der Waals surface area (Å²) in [6.07, 6.45) is -0.867. The Kier molecular flexibility index (Phi) is 7.06. The van der Waals surface area contributed by atoms with Crippen LogP contribution in [-0.4, -0.2) is 41.4 Å². The van der Waals surface area contributed by atoms with Gasteiger partial charge in [-0.25, -0.2) is 4.99 Å². The van der Waals surface area contributed by atoms with Gasteiger partial charge in [0.2, 0.25) is 6.17 Å². The quantitative estimate of drug-likeness (QED) is 0.533. The number of rotatable bonds is 5. The molecule has 0 radical (unpaired) electrons. The third-order valence-electron chi connectivity index (χ3n) is 5.59. The van der Waals surface area contributed by atoms with Crippen molar-refractivity contribution in [1.29, 1.82) is 0 Å². The van der Waals surface area contributed by atoms with Gasteiger partial charge < -0.3 is 15.1 Å². The number of carbonyl (C=O) groups excluding carboxylic acids is 1. The molecule has 0 fully saturated rings. The average Bonchev–Trinajstić information content (AvgIpc) is 2.94. The number of hydrogen-bond acceptors (Lipinski definition) is 3. The topological polar surface area (TPSA) is 47.9 Å². The first-order chi connectivity index (χ1) is 16.0. The second-order valence-corrected chi connectivity index (χ2v) is 8.58. The van der Waals surface area contributed by atoms with Crippen LogP contribution in [0.2, 0.25) is 5.02 Å². The van der Waals surface area contributed by atoms with Gasteiger partial charge in [0.05, 0.1) is 11.4 Å². The summed E-state index contributed by atoms with van der Waals surface area (Å²) in [7, 11) is 1.75. The molecule has 1 aliphatic heterocycles. The van der Waals surface area contributed by atoms with Gasteiger partial charge in [0, 0.05) is 36.3 Å². The monoisotopic (exact) mass is 476 g/mol. The number of thiocarbonyl (C=S) groups is 1. The standard InChI is InChI=1S/C26H25ClN4OS/c1-3-31(17-18-10-6-4-7-11-18)26(33)29-24-25(32)30(2)22-15-14-20(27)16-21(22)23(28-24)19-12-8-5-9-13-19/h4-16,24H,3,17H2,1-2H3,(H,29,33). The molecule has 0 aliphatic carbocycles. The molecule has 3 aromatic rings. The molecule has 1 unspecified atom stereocenters. The van der Waals surface area contributed by atoms with Crippen LogP contribution < -0.4 is 10.2 Å². The van der Waals surface area contributed by atoms with E-state index in [4.69, 9.17) is 28.8 Å².